The Bertz CT molecular complexity index is 529. The Balaban J connectivity index is 2.13. The van der Waals surface area contributed by atoms with Crippen LogP contribution in [0.1, 0.15) is 12.5 Å². The molecule has 0 bridgehead atoms. The standard InChI is InChI=1S/C13H11ClFIO4/c1-2-18-13(17)12-11(19-12)6-10(20-16)7-3-8(14)5-9(15)4-7/h3-6,11-12H,2H2,1H3/b10-6-. The Hall–Kier alpha value is -0.860. The molecule has 1 aromatic rings. The minimum Gasteiger partial charge on any atom is -0.464 e. The zero-order valence-electron chi connectivity index (χ0n) is 10.4. The van der Waals surface area contributed by atoms with Crippen molar-refractivity contribution in [1.29, 1.82) is 0 Å². The maximum atomic E-state index is 13.3. The van der Waals surface area contributed by atoms with Crippen LogP contribution in [0.2, 0.25) is 5.02 Å². The van der Waals surface area contributed by atoms with Gasteiger partial charge in [-0.2, -0.15) is 0 Å². The van der Waals surface area contributed by atoms with Gasteiger partial charge in [0, 0.05) is 10.6 Å². The van der Waals surface area contributed by atoms with Crippen molar-refractivity contribution in [3.63, 3.8) is 0 Å². The fourth-order valence-corrected chi connectivity index (χ4v) is 2.30. The van der Waals surface area contributed by atoms with Crippen molar-refractivity contribution in [3.8, 4) is 0 Å². The Kier molecular flexibility index (Phi) is 5.22. The summed E-state index contributed by atoms with van der Waals surface area (Å²) >= 11 is 7.47. The largest absolute Gasteiger partial charge is 0.464 e. The number of halogens is 3. The molecule has 2 rings (SSSR count). The number of carbonyl (C=O) groups excluding carboxylic acids is 1. The summed E-state index contributed by atoms with van der Waals surface area (Å²) in [6.45, 7) is 2.02. The van der Waals surface area contributed by atoms with E-state index >= 15 is 0 Å². The molecule has 2 unspecified atom stereocenters. The number of benzene rings is 1. The molecule has 0 aromatic heterocycles. The Labute approximate surface area is 134 Å². The van der Waals surface area contributed by atoms with Crippen LogP contribution in [0.3, 0.4) is 0 Å². The molecule has 2 atom stereocenters. The monoisotopic (exact) mass is 412 g/mol. The molecule has 0 saturated carbocycles. The maximum absolute atomic E-state index is 13.3. The van der Waals surface area contributed by atoms with Gasteiger partial charge in [0.1, 0.15) is 17.7 Å². The molecule has 0 radical (unpaired) electrons. The summed E-state index contributed by atoms with van der Waals surface area (Å²) in [7, 11) is 0. The predicted molar refractivity (Wildman–Crippen MR) is 79.8 cm³/mol. The van der Waals surface area contributed by atoms with Gasteiger partial charge >= 0.3 is 5.97 Å². The first-order valence-corrected chi connectivity index (χ1v) is 7.10. The summed E-state index contributed by atoms with van der Waals surface area (Å²) in [5.41, 5.74) is 0.475. The van der Waals surface area contributed by atoms with Gasteiger partial charge < -0.3 is 12.5 Å². The zero-order valence-corrected chi connectivity index (χ0v) is 13.4. The molecule has 1 aromatic carbocycles. The van der Waals surface area contributed by atoms with Gasteiger partial charge in [-0.05, 0) is 31.2 Å². The van der Waals surface area contributed by atoms with E-state index in [1.807, 2.05) is 0 Å². The number of hydrogen-bond acceptors (Lipinski definition) is 4. The molecule has 0 spiro atoms. The summed E-state index contributed by atoms with van der Waals surface area (Å²) < 4.78 is 28.5. The third kappa shape index (κ3) is 3.83. The fraction of sp³-hybridized carbons (Fsp3) is 0.308. The average Bonchev–Trinajstić information content (AvgIpc) is 3.14. The van der Waals surface area contributed by atoms with Crippen LogP contribution < -0.4 is 0 Å². The Morgan fingerprint density at radius 2 is 2.30 bits per heavy atom. The van der Waals surface area contributed by atoms with E-state index in [2.05, 4.69) is 0 Å². The SMILES string of the molecule is CCOC(=O)C1OC1/C=C(\OI)c1cc(F)cc(Cl)c1. The van der Waals surface area contributed by atoms with Gasteiger partial charge in [-0.3, -0.25) is 0 Å². The first-order chi connectivity index (χ1) is 9.55. The van der Waals surface area contributed by atoms with Crippen LogP contribution in [0.15, 0.2) is 24.3 Å². The third-order valence-electron chi connectivity index (χ3n) is 2.59. The molecule has 0 N–H and O–H groups in total. The van der Waals surface area contributed by atoms with Gasteiger partial charge in [-0.25, -0.2) is 9.18 Å². The summed E-state index contributed by atoms with van der Waals surface area (Å²) in [6.07, 6.45) is 0.542. The molecule has 1 fully saturated rings. The highest BCUT2D eigenvalue weighted by atomic mass is 127. The van der Waals surface area contributed by atoms with Crippen molar-refractivity contribution < 1.29 is 21.7 Å². The molecule has 4 nitrogen and oxygen atoms in total. The smallest absolute Gasteiger partial charge is 0.338 e. The quantitative estimate of drug-likeness (QED) is 0.321. The molecule has 20 heavy (non-hydrogen) atoms. The summed E-state index contributed by atoms with van der Waals surface area (Å²) in [5.74, 6) is -0.506. The van der Waals surface area contributed by atoms with Crippen LogP contribution in [0.5, 0.6) is 0 Å². The molecule has 1 aliphatic heterocycles. The first kappa shape index (κ1) is 15.5. The molecular weight excluding hydrogens is 401 g/mol. The van der Waals surface area contributed by atoms with E-state index in [1.54, 1.807) is 42.1 Å². The molecule has 0 amide bonds. The molecule has 1 heterocycles. The first-order valence-electron chi connectivity index (χ1n) is 5.84. The lowest BCUT2D eigenvalue weighted by molar-refractivity contribution is -0.144. The van der Waals surface area contributed by atoms with Crippen LogP contribution in [0.25, 0.3) is 5.76 Å². The average molecular weight is 413 g/mol. The minimum absolute atomic E-state index is 0.262. The van der Waals surface area contributed by atoms with E-state index in [9.17, 15) is 9.18 Å². The van der Waals surface area contributed by atoms with Gasteiger partial charge in [0.2, 0.25) is 0 Å². The topological polar surface area (TPSA) is 48.1 Å². The second-order valence-corrected chi connectivity index (χ2v) is 4.92. The van der Waals surface area contributed by atoms with Crippen molar-refractivity contribution in [1.82, 2.24) is 0 Å². The third-order valence-corrected chi connectivity index (χ3v) is 3.28. The summed E-state index contributed by atoms with van der Waals surface area (Å²) in [4.78, 5) is 11.4. The van der Waals surface area contributed by atoms with E-state index in [0.29, 0.717) is 17.9 Å². The summed E-state index contributed by atoms with van der Waals surface area (Å²) in [6, 6.07) is 4.06. The summed E-state index contributed by atoms with van der Waals surface area (Å²) in [5, 5.41) is 0.262. The van der Waals surface area contributed by atoms with Gasteiger partial charge in [0.15, 0.2) is 29.1 Å². The highest BCUT2D eigenvalue weighted by molar-refractivity contribution is 14.1. The van der Waals surface area contributed by atoms with Crippen molar-refractivity contribution in [2.75, 3.05) is 6.61 Å². The molecule has 108 valence electrons. The van der Waals surface area contributed by atoms with Crippen molar-refractivity contribution in [2.45, 2.75) is 19.1 Å². The number of hydrogen-bond donors (Lipinski definition) is 0. The van der Waals surface area contributed by atoms with Crippen LogP contribution in [-0.4, -0.2) is 24.8 Å². The van der Waals surface area contributed by atoms with Crippen LogP contribution in [0.4, 0.5) is 4.39 Å². The predicted octanol–water partition coefficient (Wildman–Crippen LogP) is 3.52. The van der Waals surface area contributed by atoms with Gasteiger partial charge in [0.25, 0.3) is 0 Å². The van der Waals surface area contributed by atoms with Crippen molar-refractivity contribution >= 4 is 46.3 Å². The van der Waals surface area contributed by atoms with Crippen molar-refractivity contribution in [3.05, 3.63) is 40.7 Å². The molecule has 7 heteroatoms. The second kappa shape index (κ2) is 6.73. The van der Waals surface area contributed by atoms with E-state index in [1.165, 1.54) is 12.1 Å². The van der Waals surface area contributed by atoms with E-state index in [-0.39, 0.29) is 5.02 Å². The molecule has 1 saturated heterocycles. The normalized spacial score (nSPS) is 21.5. The minimum atomic E-state index is -0.625. The number of rotatable bonds is 5. The molecular formula is C13H11ClFIO4. The molecule has 1 aliphatic rings. The number of carbonyl (C=O) groups is 1. The molecule has 0 aliphatic carbocycles. The zero-order chi connectivity index (χ0) is 14.7. The maximum Gasteiger partial charge on any atom is 0.338 e. The van der Waals surface area contributed by atoms with Gasteiger partial charge in [-0.1, -0.05) is 11.6 Å². The number of ether oxygens (including phenoxy) is 2. The van der Waals surface area contributed by atoms with Crippen molar-refractivity contribution in [2.24, 2.45) is 0 Å². The van der Waals surface area contributed by atoms with E-state index in [0.717, 1.165) is 0 Å². The van der Waals surface area contributed by atoms with Gasteiger partial charge in [-0.15, -0.1) is 0 Å². The van der Waals surface area contributed by atoms with Gasteiger partial charge in [0.05, 0.1) is 6.61 Å². The lowest BCUT2D eigenvalue weighted by Gasteiger charge is -2.05. The number of epoxide rings is 1. The fourth-order valence-electron chi connectivity index (χ4n) is 1.68. The van der Waals surface area contributed by atoms with Crippen LogP contribution in [-0.2, 0) is 17.3 Å². The Morgan fingerprint density at radius 3 is 2.90 bits per heavy atom. The van der Waals surface area contributed by atoms with Crippen LogP contribution >= 0.6 is 34.6 Å². The highest BCUT2D eigenvalue weighted by Gasteiger charge is 2.45. The highest BCUT2D eigenvalue weighted by Crippen LogP contribution is 2.31. The second-order valence-electron chi connectivity index (χ2n) is 4.04. The lowest BCUT2D eigenvalue weighted by atomic mass is 10.1. The van der Waals surface area contributed by atoms with E-state index in [4.69, 9.17) is 24.1 Å². The van der Waals surface area contributed by atoms with Crippen LogP contribution in [0, 0.1) is 5.82 Å². The Morgan fingerprint density at radius 1 is 1.55 bits per heavy atom. The lowest BCUT2D eigenvalue weighted by Crippen LogP contribution is -2.13. The van der Waals surface area contributed by atoms with E-state index < -0.39 is 24.0 Å². The number of esters is 1.